The SMILES string of the molecule is C=CCC(C)N1CCNC(C(C)C)C1. The highest BCUT2D eigenvalue weighted by Gasteiger charge is 2.23. The Morgan fingerprint density at radius 3 is 2.79 bits per heavy atom. The third kappa shape index (κ3) is 3.10. The van der Waals surface area contributed by atoms with Gasteiger partial charge in [-0.1, -0.05) is 19.9 Å². The zero-order valence-corrected chi connectivity index (χ0v) is 9.79. The van der Waals surface area contributed by atoms with E-state index in [2.05, 4.69) is 37.6 Å². The fourth-order valence-corrected chi connectivity index (χ4v) is 2.04. The van der Waals surface area contributed by atoms with E-state index in [4.69, 9.17) is 0 Å². The Bertz CT molecular complexity index is 177. The fourth-order valence-electron chi connectivity index (χ4n) is 2.04. The molecule has 0 spiro atoms. The average Bonchev–Trinajstić information content (AvgIpc) is 2.18. The third-order valence-corrected chi connectivity index (χ3v) is 3.17. The van der Waals surface area contributed by atoms with E-state index in [1.165, 1.54) is 13.1 Å². The molecule has 1 saturated heterocycles. The molecule has 2 atom stereocenters. The highest BCUT2D eigenvalue weighted by atomic mass is 15.2. The zero-order chi connectivity index (χ0) is 10.6. The lowest BCUT2D eigenvalue weighted by Crippen LogP contribution is -2.55. The van der Waals surface area contributed by atoms with Crippen LogP contribution in [0.25, 0.3) is 0 Å². The monoisotopic (exact) mass is 196 g/mol. The molecular formula is C12H24N2. The number of hydrogen-bond donors (Lipinski definition) is 1. The lowest BCUT2D eigenvalue weighted by atomic mass is 10.0. The predicted octanol–water partition coefficient (Wildman–Crippen LogP) is 1.88. The van der Waals surface area contributed by atoms with Crippen molar-refractivity contribution in [3.63, 3.8) is 0 Å². The Hall–Kier alpha value is -0.340. The highest BCUT2D eigenvalue weighted by molar-refractivity contribution is 4.85. The summed E-state index contributed by atoms with van der Waals surface area (Å²) in [7, 11) is 0. The molecule has 0 amide bonds. The summed E-state index contributed by atoms with van der Waals surface area (Å²) in [4.78, 5) is 2.57. The molecule has 82 valence electrons. The van der Waals surface area contributed by atoms with Gasteiger partial charge in [0.2, 0.25) is 0 Å². The van der Waals surface area contributed by atoms with Gasteiger partial charge in [-0.2, -0.15) is 0 Å². The Morgan fingerprint density at radius 1 is 1.50 bits per heavy atom. The van der Waals surface area contributed by atoms with E-state index in [1.54, 1.807) is 0 Å². The summed E-state index contributed by atoms with van der Waals surface area (Å²) in [6.07, 6.45) is 3.13. The third-order valence-electron chi connectivity index (χ3n) is 3.17. The van der Waals surface area contributed by atoms with Crippen LogP contribution in [0.15, 0.2) is 12.7 Å². The van der Waals surface area contributed by atoms with Gasteiger partial charge in [-0.25, -0.2) is 0 Å². The van der Waals surface area contributed by atoms with Crippen LogP contribution in [0.5, 0.6) is 0 Å². The molecule has 0 aliphatic carbocycles. The summed E-state index contributed by atoms with van der Waals surface area (Å²) in [6, 6.07) is 1.31. The van der Waals surface area contributed by atoms with Gasteiger partial charge in [-0.15, -0.1) is 6.58 Å². The molecule has 0 aromatic heterocycles. The van der Waals surface area contributed by atoms with Gasteiger partial charge < -0.3 is 5.32 Å². The molecule has 1 rings (SSSR count). The maximum atomic E-state index is 3.81. The van der Waals surface area contributed by atoms with Crippen LogP contribution in [0.3, 0.4) is 0 Å². The van der Waals surface area contributed by atoms with Gasteiger partial charge in [-0.05, 0) is 19.3 Å². The maximum absolute atomic E-state index is 3.81. The average molecular weight is 196 g/mol. The maximum Gasteiger partial charge on any atom is 0.0218 e. The smallest absolute Gasteiger partial charge is 0.0218 e. The summed E-state index contributed by atoms with van der Waals surface area (Å²) in [5.41, 5.74) is 0. The molecule has 1 aliphatic heterocycles. The van der Waals surface area contributed by atoms with Crippen molar-refractivity contribution in [1.82, 2.24) is 10.2 Å². The molecule has 2 nitrogen and oxygen atoms in total. The van der Waals surface area contributed by atoms with Crippen LogP contribution in [-0.2, 0) is 0 Å². The van der Waals surface area contributed by atoms with E-state index in [1.807, 2.05) is 6.08 Å². The first-order chi connectivity index (χ1) is 6.65. The Kier molecular flexibility index (Phi) is 4.63. The quantitative estimate of drug-likeness (QED) is 0.691. The Morgan fingerprint density at radius 2 is 2.21 bits per heavy atom. The molecule has 2 heteroatoms. The van der Waals surface area contributed by atoms with E-state index < -0.39 is 0 Å². The minimum Gasteiger partial charge on any atom is -0.311 e. The van der Waals surface area contributed by atoms with Crippen molar-refractivity contribution in [1.29, 1.82) is 0 Å². The van der Waals surface area contributed by atoms with Gasteiger partial charge in [0.15, 0.2) is 0 Å². The van der Waals surface area contributed by atoms with Crippen LogP contribution < -0.4 is 5.32 Å². The predicted molar refractivity (Wildman–Crippen MR) is 62.5 cm³/mol. The van der Waals surface area contributed by atoms with Crippen LogP contribution in [0.4, 0.5) is 0 Å². The zero-order valence-electron chi connectivity index (χ0n) is 9.79. The summed E-state index contributed by atoms with van der Waals surface area (Å²) in [6.45, 7) is 14.2. The van der Waals surface area contributed by atoms with Crippen LogP contribution in [0, 0.1) is 5.92 Å². The topological polar surface area (TPSA) is 15.3 Å². The van der Waals surface area contributed by atoms with E-state index in [0.29, 0.717) is 12.1 Å². The molecule has 0 aromatic rings. The molecule has 0 bridgehead atoms. The van der Waals surface area contributed by atoms with Gasteiger partial charge in [0, 0.05) is 31.7 Å². The summed E-state index contributed by atoms with van der Waals surface area (Å²) >= 11 is 0. The first-order valence-electron chi connectivity index (χ1n) is 5.73. The molecule has 14 heavy (non-hydrogen) atoms. The standard InChI is InChI=1S/C12H24N2/c1-5-6-11(4)14-8-7-13-12(9-14)10(2)3/h5,10-13H,1,6-9H2,2-4H3. The van der Waals surface area contributed by atoms with Gasteiger partial charge >= 0.3 is 0 Å². The summed E-state index contributed by atoms with van der Waals surface area (Å²) in [5.74, 6) is 0.730. The van der Waals surface area contributed by atoms with Crippen molar-refractivity contribution in [3.8, 4) is 0 Å². The van der Waals surface area contributed by atoms with E-state index in [-0.39, 0.29) is 0 Å². The van der Waals surface area contributed by atoms with Crippen molar-refractivity contribution in [2.45, 2.75) is 39.3 Å². The van der Waals surface area contributed by atoms with Crippen molar-refractivity contribution < 1.29 is 0 Å². The molecule has 2 unspecified atom stereocenters. The molecule has 1 N–H and O–H groups in total. The first kappa shape index (κ1) is 11.7. The lowest BCUT2D eigenvalue weighted by molar-refractivity contribution is 0.135. The largest absolute Gasteiger partial charge is 0.311 e. The Balaban J connectivity index is 2.42. The summed E-state index contributed by atoms with van der Waals surface area (Å²) in [5, 5.41) is 3.58. The second-order valence-corrected chi connectivity index (χ2v) is 4.67. The van der Waals surface area contributed by atoms with E-state index in [0.717, 1.165) is 18.9 Å². The van der Waals surface area contributed by atoms with Gasteiger partial charge in [-0.3, -0.25) is 4.90 Å². The number of hydrogen-bond acceptors (Lipinski definition) is 2. The van der Waals surface area contributed by atoms with E-state index in [9.17, 15) is 0 Å². The van der Waals surface area contributed by atoms with Crippen LogP contribution >= 0.6 is 0 Å². The van der Waals surface area contributed by atoms with Gasteiger partial charge in [0.25, 0.3) is 0 Å². The second-order valence-electron chi connectivity index (χ2n) is 4.67. The number of nitrogens with zero attached hydrogens (tertiary/aromatic N) is 1. The van der Waals surface area contributed by atoms with Crippen LogP contribution in [0.1, 0.15) is 27.2 Å². The van der Waals surface area contributed by atoms with Gasteiger partial charge in [0.1, 0.15) is 0 Å². The molecule has 1 aliphatic rings. The number of piperazine rings is 1. The minimum atomic E-state index is 0.649. The molecule has 0 aromatic carbocycles. The van der Waals surface area contributed by atoms with Crippen LogP contribution in [0.2, 0.25) is 0 Å². The van der Waals surface area contributed by atoms with Crippen molar-refractivity contribution in [2.24, 2.45) is 5.92 Å². The number of nitrogens with one attached hydrogen (secondary N) is 1. The first-order valence-corrected chi connectivity index (χ1v) is 5.73. The normalized spacial score (nSPS) is 26.4. The molecule has 1 fully saturated rings. The fraction of sp³-hybridized carbons (Fsp3) is 0.833. The molecule has 0 radical (unpaired) electrons. The summed E-state index contributed by atoms with van der Waals surface area (Å²) < 4.78 is 0. The second kappa shape index (κ2) is 5.52. The minimum absolute atomic E-state index is 0.649. The molecular weight excluding hydrogens is 172 g/mol. The lowest BCUT2D eigenvalue weighted by Gasteiger charge is -2.38. The van der Waals surface area contributed by atoms with Crippen LogP contribution in [-0.4, -0.2) is 36.6 Å². The van der Waals surface area contributed by atoms with Gasteiger partial charge in [0.05, 0.1) is 0 Å². The molecule has 0 saturated carbocycles. The molecule has 1 heterocycles. The van der Waals surface area contributed by atoms with Crippen molar-refractivity contribution >= 4 is 0 Å². The van der Waals surface area contributed by atoms with E-state index >= 15 is 0 Å². The highest BCUT2D eigenvalue weighted by Crippen LogP contribution is 2.12. The number of rotatable bonds is 4. The Labute approximate surface area is 88.4 Å². The van der Waals surface area contributed by atoms with Crippen molar-refractivity contribution in [3.05, 3.63) is 12.7 Å². The van der Waals surface area contributed by atoms with Crippen molar-refractivity contribution in [2.75, 3.05) is 19.6 Å².